The number of benzene rings is 1. The van der Waals surface area contributed by atoms with Crippen molar-refractivity contribution < 1.29 is 4.39 Å². The number of halogens is 4. The Hall–Kier alpha value is 0.0200. The van der Waals surface area contributed by atoms with E-state index in [1.807, 2.05) is 6.07 Å². The fourth-order valence-electron chi connectivity index (χ4n) is 1.97. The van der Waals surface area contributed by atoms with Crippen LogP contribution in [0.15, 0.2) is 18.2 Å². The molecule has 0 saturated heterocycles. The minimum atomic E-state index is -0.390. The van der Waals surface area contributed by atoms with Gasteiger partial charge >= 0.3 is 0 Å². The molecule has 0 bridgehead atoms. The molecule has 1 aromatic rings. The molecule has 0 fully saturated rings. The van der Waals surface area contributed by atoms with Crippen LogP contribution in [0.1, 0.15) is 25.3 Å². The van der Waals surface area contributed by atoms with Crippen molar-refractivity contribution in [1.82, 2.24) is 0 Å². The molecule has 0 aromatic heterocycles. The van der Waals surface area contributed by atoms with E-state index >= 15 is 0 Å². The molecule has 0 aliphatic rings. The van der Waals surface area contributed by atoms with Crippen molar-refractivity contribution >= 4 is 34.8 Å². The minimum absolute atomic E-state index is 0.145. The maximum Gasteiger partial charge on any atom is 0.142 e. The molecule has 0 radical (unpaired) electrons. The van der Waals surface area contributed by atoms with Gasteiger partial charge < -0.3 is 0 Å². The lowest BCUT2D eigenvalue weighted by Crippen LogP contribution is -2.28. The number of rotatable bonds is 6. The molecule has 0 N–H and O–H groups in total. The third-order valence-corrected chi connectivity index (χ3v) is 4.35. The number of hydrogen-bond donors (Lipinski definition) is 0. The van der Waals surface area contributed by atoms with Crippen LogP contribution in [-0.4, -0.2) is 11.8 Å². The lowest BCUT2D eigenvalue weighted by atomic mass is 9.81. The Morgan fingerprint density at radius 1 is 1.24 bits per heavy atom. The first kappa shape index (κ1) is 15.1. The summed E-state index contributed by atoms with van der Waals surface area (Å²) in [6.45, 7) is 2.09. The van der Waals surface area contributed by atoms with Crippen molar-refractivity contribution in [3.05, 3.63) is 34.6 Å². The van der Waals surface area contributed by atoms with Gasteiger partial charge in [-0.1, -0.05) is 31.0 Å². The van der Waals surface area contributed by atoms with Gasteiger partial charge in [0.2, 0.25) is 0 Å². The average molecular weight is 298 g/mol. The van der Waals surface area contributed by atoms with E-state index in [-0.39, 0.29) is 10.4 Å². The standard InChI is InChI=1S/C13H16Cl3F/c1-2-5-13(8-14,9-15)7-10-3-4-11(16)12(17)6-10/h3-4,6H,2,5,7-9H2,1H3. The van der Waals surface area contributed by atoms with E-state index in [1.54, 1.807) is 6.07 Å². The molecule has 0 atom stereocenters. The van der Waals surface area contributed by atoms with Crippen molar-refractivity contribution in [3.8, 4) is 0 Å². The maximum absolute atomic E-state index is 13.4. The Morgan fingerprint density at radius 3 is 2.35 bits per heavy atom. The second-order valence-corrected chi connectivity index (χ2v) is 5.38. The first-order valence-corrected chi connectivity index (χ1v) is 7.07. The van der Waals surface area contributed by atoms with Crippen LogP contribution in [0.25, 0.3) is 0 Å². The second-order valence-electron chi connectivity index (χ2n) is 4.44. The summed E-state index contributed by atoms with van der Waals surface area (Å²) in [5, 5.41) is 0.145. The van der Waals surface area contributed by atoms with E-state index in [2.05, 4.69) is 6.92 Å². The quantitative estimate of drug-likeness (QED) is 0.626. The summed E-state index contributed by atoms with van der Waals surface area (Å²) in [5.41, 5.74) is 0.736. The summed E-state index contributed by atoms with van der Waals surface area (Å²) in [6.07, 6.45) is 2.63. The van der Waals surface area contributed by atoms with Gasteiger partial charge in [0.05, 0.1) is 5.02 Å². The first-order chi connectivity index (χ1) is 8.06. The lowest BCUT2D eigenvalue weighted by Gasteiger charge is -2.29. The summed E-state index contributed by atoms with van der Waals surface area (Å²) >= 11 is 17.7. The van der Waals surface area contributed by atoms with Crippen LogP contribution in [0.4, 0.5) is 4.39 Å². The van der Waals surface area contributed by atoms with Crippen molar-refractivity contribution in [2.24, 2.45) is 5.41 Å². The van der Waals surface area contributed by atoms with E-state index in [0.29, 0.717) is 18.2 Å². The fraction of sp³-hybridized carbons (Fsp3) is 0.538. The van der Waals surface area contributed by atoms with Crippen LogP contribution < -0.4 is 0 Å². The Labute approximate surface area is 117 Å². The normalized spacial score (nSPS) is 11.8. The van der Waals surface area contributed by atoms with E-state index in [0.717, 1.165) is 18.4 Å². The van der Waals surface area contributed by atoms with Crippen LogP contribution in [-0.2, 0) is 6.42 Å². The zero-order chi connectivity index (χ0) is 12.9. The topological polar surface area (TPSA) is 0 Å². The van der Waals surface area contributed by atoms with Crippen molar-refractivity contribution in [3.63, 3.8) is 0 Å². The summed E-state index contributed by atoms with van der Waals surface area (Å²) in [4.78, 5) is 0. The van der Waals surface area contributed by atoms with Gasteiger partial charge in [-0.15, -0.1) is 23.2 Å². The molecule has 0 aliphatic carbocycles. The molecule has 0 saturated carbocycles. The molecule has 1 rings (SSSR count). The molecule has 96 valence electrons. The molecule has 1 aromatic carbocycles. The largest absolute Gasteiger partial charge is 0.205 e. The summed E-state index contributed by atoms with van der Waals surface area (Å²) in [5.74, 6) is 0.571. The average Bonchev–Trinajstić information content (AvgIpc) is 2.33. The predicted octanol–water partition coefficient (Wildman–Crippen LogP) is 5.29. The molecule has 0 nitrogen and oxygen atoms in total. The van der Waals surface area contributed by atoms with E-state index in [1.165, 1.54) is 6.07 Å². The highest BCUT2D eigenvalue weighted by Crippen LogP contribution is 2.32. The van der Waals surface area contributed by atoms with Gasteiger partial charge in [0, 0.05) is 17.2 Å². The highest BCUT2D eigenvalue weighted by atomic mass is 35.5. The van der Waals surface area contributed by atoms with Crippen LogP contribution in [0.3, 0.4) is 0 Å². The molecule has 0 unspecified atom stereocenters. The molecule has 4 heteroatoms. The number of hydrogen-bond acceptors (Lipinski definition) is 0. The van der Waals surface area contributed by atoms with Gasteiger partial charge in [0.25, 0.3) is 0 Å². The molecule has 17 heavy (non-hydrogen) atoms. The first-order valence-electron chi connectivity index (χ1n) is 5.63. The van der Waals surface area contributed by atoms with Gasteiger partial charge in [-0.3, -0.25) is 0 Å². The van der Waals surface area contributed by atoms with Crippen molar-refractivity contribution in [2.75, 3.05) is 11.8 Å². The summed E-state index contributed by atoms with van der Waals surface area (Å²) in [7, 11) is 0. The second kappa shape index (κ2) is 6.82. The number of alkyl halides is 2. The Balaban J connectivity index is 2.89. The zero-order valence-electron chi connectivity index (χ0n) is 9.78. The zero-order valence-corrected chi connectivity index (χ0v) is 12.0. The van der Waals surface area contributed by atoms with E-state index in [9.17, 15) is 4.39 Å². The fourth-order valence-corrected chi connectivity index (χ4v) is 2.82. The molecular formula is C13H16Cl3F. The third-order valence-electron chi connectivity index (χ3n) is 2.91. The highest BCUT2D eigenvalue weighted by Gasteiger charge is 2.28. The SMILES string of the molecule is CCCC(CCl)(CCl)Cc1ccc(Cl)c(F)c1. The van der Waals surface area contributed by atoms with Crippen LogP contribution in [0, 0.1) is 11.2 Å². The highest BCUT2D eigenvalue weighted by molar-refractivity contribution is 6.30. The smallest absolute Gasteiger partial charge is 0.142 e. The minimum Gasteiger partial charge on any atom is -0.205 e. The maximum atomic E-state index is 13.4. The van der Waals surface area contributed by atoms with E-state index in [4.69, 9.17) is 34.8 Å². The van der Waals surface area contributed by atoms with Crippen molar-refractivity contribution in [2.45, 2.75) is 26.2 Å². The molecule has 0 amide bonds. The predicted molar refractivity (Wildman–Crippen MR) is 73.9 cm³/mol. The van der Waals surface area contributed by atoms with E-state index < -0.39 is 5.82 Å². The van der Waals surface area contributed by atoms with Gasteiger partial charge in [-0.05, 0) is 30.5 Å². The van der Waals surface area contributed by atoms with Gasteiger partial charge in [-0.2, -0.15) is 0 Å². The van der Waals surface area contributed by atoms with Crippen LogP contribution >= 0.6 is 34.8 Å². The Bertz CT molecular complexity index is 362. The van der Waals surface area contributed by atoms with Gasteiger partial charge in [0.15, 0.2) is 0 Å². The monoisotopic (exact) mass is 296 g/mol. The van der Waals surface area contributed by atoms with Crippen LogP contribution in [0.2, 0.25) is 5.02 Å². The van der Waals surface area contributed by atoms with Gasteiger partial charge in [0.1, 0.15) is 5.82 Å². The molecule has 0 heterocycles. The summed E-state index contributed by atoms with van der Waals surface area (Å²) < 4.78 is 13.4. The summed E-state index contributed by atoms with van der Waals surface area (Å²) in [6, 6.07) is 4.87. The van der Waals surface area contributed by atoms with Crippen molar-refractivity contribution in [1.29, 1.82) is 0 Å². The van der Waals surface area contributed by atoms with Gasteiger partial charge in [-0.25, -0.2) is 4.39 Å². The third kappa shape index (κ3) is 4.01. The molecule has 0 spiro atoms. The lowest BCUT2D eigenvalue weighted by molar-refractivity contribution is 0.340. The molecule has 0 aliphatic heterocycles. The Kier molecular flexibility index (Phi) is 6.05. The Morgan fingerprint density at radius 2 is 1.88 bits per heavy atom. The molecular weight excluding hydrogens is 282 g/mol. The van der Waals surface area contributed by atoms with Crippen LogP contribution in [0.5, 0.6) is 0 Å².